The molecule has 0 aromatic carbocycles. The minimum absolute atomic E-state index is 0.790. The first-order valence-electron chi connectivity index (χ1n) is 8.57. The quantitative estimate of drug-likeness (QED) is 0.321. The van der Waals surface area contributed by atoms with Gasteiger partial charge in [0.2, 0.25) is 0 Å². The topological polar surface area (TPSA) is 34.8 Å². The Morgan fingerprint density at radius 3 is 2.27 bits per heavy atom. The van der Waals surface area contributed by atoms with Gasteiger partial charge in [0.05, 0.1) is 22.4 Å². The van der Waals surface area contributed by atoms with Gasteiger partial charge in [-0.1, -0.05) is 12.2 Å². The van der Waals surface area contributed by atoms with E-state index in [2.05, 4.69) is 17.2 Å². The third-order valence-corrected chi connectivity index (χ3v) is 7.21. The summed E-state index contributed by atoms with van der Waals surface area (Å²) in [5.74, 6) is 4.98. The van der Waals surface area contributed by atoms with E-state index in [-0.39, 0.29) is 0 Å². The van der Waals surface area contributed by atoms with Crippen molar-refractivity contribution in [2.45, 2.75) is 6.92 Å². The molecule has 0 spiro atoms. The van der Waals surface area contributed by atoms with Crippen molar-refractivity contribution in [2.75, 3.05) is 68.4 Å². The first-order chi connectivity index (χ1) is 12.7. The highest BCUT2D eigenvalue weighted by Gasteiger charge is 2.13. The molecule has 0 saturated heterocycles. The number of nitrogens with zero attached hydrogens (tertiary/aromatic N) is 1. The summed E-state index contributed by atoms with van der Waals surface area (Å²) in [5, 5.41) is 2.11. The highest BCUT2D eigenvalue weighted by Crippen LogP contribution is 2.31. The largest absolute Gasteiger partial charge is 0.439 e. The third-order valence-electron chi connectivity index (χ3n) is 3.79. The van der Waals surface area contributed by atoms with Crippen molar-refractivity contribution in [3.05, 3.63) is 21.5 Å². The summed E-state index contributed by atoms with van der Waals surface area (Å²) >= 11 is 11.1. The Morgan fingerprint density at radius 2 is 1.69 bits per heavy atom. The van der Waals surface area contributed by atoms with Crippen LogP contribution in [0.3, 0.4) is 0 Å². The van der Waals surface area contributed by atoms with Crippen LogP contribution in [-0.2, 0) is 9.47 Å². The first-order valence-corrected chi connectivity index (χ1v) is 12.2. The zero-order chi connectivity index (χ0) is 18.8. The van der Waals surface area contributed by atoms with E-state index in [4.69, 9.17) is 26.1 Å². The first kappa shape index (κ1) is 22.0. The number of rotatable bonds is 13. The maximum absolute atomic E-state index is 6.23. The summed E-state index contributed by atoms with van der Waals surface area (Å²) in [6.45, 7) is 5.53. The van der Waals surface area contributed by atoms with E-state index in [0.29, 0.717) is 0 Å². The molecule has 0 atom stereocenters. The van der Waals surface area contributed by atoms with Gasteiger partial charge in [-0.25, -0.2) is 0 Å². The second-order valence-corrected chi connectivity index (χ2v) is 9.49. The zero-order valence-electron chi connectivity index (χ0n) is 15.6. The van der Waals surface area contributed by atoms with Gasteiger partial charge in [-0.15, -0.1) is 11.3 Å². The molecule has 0 bridgehead atoms. The monoisotopic (exact) mass is 433 g/mol. The predicted octanol–water partition coefficient (Wildman–Crippen LogP) is 5.10. The van der Waals surface area contributed by atoms with Crippen LogP contribution in [0.25, 0.3) is 10.3 Å². The molecule has 0 aliphatic heterocycles. The standard InChI is InChI=1S/C18H27NO3S4/c1-14-13-26-18-15(23)12-16(22-17(14)18)19(4-8-24-10-6-20-2)5-9-25-11-7-21-3/h12-13H,4-11H2,1-3H3. The fraction of sp³-hybridized carbons (Fsp3) is 0.611. The van der Waals surface area contributed by atoms with Crippen LogP contribution >= 0.6 is 47.1 Å². The van der Waals surface area contributed by atoms with Gasteiger partial charge in [0, 0.05) is 62.0 Å². The van der Waals surface area contributed by atoms with Gasteiger partial charge in [0.25, 0.3) is 0 Å². The molecule has 4 nitrogen and oxygen atoms in total. The lowest BCUT2D eigenvalue weighted by Gasteiger charge is -2.23. The third kappa shape index (κ3) is 6.73. The van der Waals surface area contributed by atoms with Crippen LogP contribution in [0.1, 0.15) is 5.56 Å². The molecule has 0 saturated carbocycles. The number of ether oxygens (including phenoxy) is 2. The fourth-order valence-electron chi connectivity index (χ4n) is 2.37. The maximum Gasteiger partial charge on any atom is 0.197 e. The molecule has 146 valence electrons. The highest BCUT2D eigenvalue weighted by atomic mass is 32.2. The van der Waals surface area contributed by atoms with Crippen molar-refractivity contribution < 1.29 is 13.9 Å². The molecule has 2 rings (SSSR count). The molecular formula is C18H27NO3S4. The fourth-order valence-corrected chi connectivity index (χ4v) is 5.27. The number of aryl methyl sites for hydroxylation is 1. The van der Waals surface area contributed by atoms with Gasteiger partial charge < -0.3 is 18.8 Å². The van der Waals surface area contributed by atoms with Gasteiger partial charge in [-0.3, -0.25) is 0 Å². The van der Waals surface area contributed by atoms with Crippen molar-refractivity contribution in [3.63, 3.8) is 0 Å². The summed E-state index contributed by atoms with van der Waals surface area (Å²) in [5.41, 5.74) is 2.09. The molecule has 2 aromatic heterocycles. The molecule has 2 heterocycles. The number of hydrogen-bond acceptors (Lipinski definition) is 8. The van der Waals surface area contributed by atoms with Crippen LogP contribution in [0.5, 0.6) is 0 Å². The Kier molecular flexibility index (Phi) is 10.4. The number of anilines is 1. The Bertz CT molecular complexity index is 702. The zero-order valence-corrected chi connectivity index (χ0v) is 18.9. The molecule has 2 aromatic rings. The second-order valence-electron chi connectivity index (χ2n) is 5.72. The Morgan fingerprint density at radius 1 is 1.08 bits per heavy atom. The van der Waals surface area contributed by atoms with E-state index in [1.165, 1.54) is 0 Å². The SMILES string of the molecule is COCCSCCN(CCSCCOC)c1cc(=S)c2scc(C)c2o1. The number of thiophene rings is 1. The highest BCUT2D eigenvalue weighted by molar-refractivity contribution is 7.99. The van der Waals surface area contributed by atoms with Crippen molar-refractivity contribution in [3.8, 4) is 0 Å². The average molecular weight is 434 g/mol. The summed E-state index contributed by atoms with van der Waals surface area (Å²) in [4.78, 5) is 2.31. The Hall–Kier alpha value is -0.250. The molecule has 0 amide bonds. The molecule has 8 heteroatoms. The average Bonchev–Trinajstić information content (AvgIpc) is 3.01. The number of thioether (sulfide) groups is 2. The summed E-state index contributed by atoms with van der Waals surface area (Å²) in [6.07, 6.45) is 0. The normalized spacial score (nSPS) is 11.3. The van der Waals surface area contributed by atoms with Gasteiger partial charge in [-0.05, 0) is 12.3 Å². The number of methoxy groups -OCH3 is 2. The summed E-state index contributed by atoms with van der Waals surface area (Å²) in [7, 11) is 3.49. The molecule has 0 aliphatic carbocycles. The van der Waals surface area contributed by atoms with Gasteiger partial charge in [0.15, 0.2) is 11.5 Å². The van der Waals surface area contributed by atoms with Crippen molar-refractivity contribution in [1.29, 1.82) is 0 Å². The predicted molar refractivity (Wildman–Crippen MR) is 120 cm³/mol. The van der Waals surface area contributed by atoms with Crippen molar-refractivity contribution in [1.82, 2.24) is 0 Å². The number of fused-ring (bicyclic) bond motifs is 1. The van der Waals surface area contributed by atoms with Crippen LogP contribution in [0.4, 0.5) is 5.88 Å². The van der Waals surface area contributed by atoms with Crippen molar-refractivity contribution >= 4 is 63.2 Å². The van der Waals surface area contributed by atoms with Crippen LogP contribution in [0, 0.1) is 11.4 Å². The molecule has 0 N–H and O–H groups in total. The lowest BCUT2D eigenvalue weighted by molar-refractivity contribution is 0.218. The Labute approximate surface area is 173 Å². The van der Waals surface area contributed by atoms with Crippen LogP contribution in [0.2, 0.25) is 0 Å². The van der Waals surface area contributed by atoms with E-state index < -0.39 is 0 Å². The molecule has 0 radical (unpaired) electrons. The van der Waals surface area contributed by atoms with Crippen molar-refractivity contribution in [2.24, 2.45) is 0 Å². The van der Waals surface area contributed by atoms with Gasteiger partial charge >= 0.3 is 0 Å². The van der Waals surface area contributed by atoms with E-state index in [0.717, 1.165) is 75.6 Å². The van der Waals surface area contributed by atoms with E-state index in [9.17, 15) is 0 Å². The second kappa shape index (κ2) is 12.3. The molecule has 0 unspecified atom stereocenters. The minimum Gasteiger partial charge on any atom is -0.439 e. The van der Waals surface area contributed by atoms with E-state index in [1.54, 1.807) is 25.6 Å². The maximum atomic E-state index is 6.23. The lowest BCUT2D eigenvalue weighted by Crippen LogP contribution is -2.28. The van der Waals surface area contributed by atoms with Crippen LogP contribution < -0.4 is 4.90 Å². The minimum atomic E-state index is 0.790. The number of hydrogen-bond donors (Lipinski definition) is 0. The van der Waals surface area contributed by atoms with Gasteiger partial charge in [-0.2, -0.15) is 23.5 Å². The summed E-state index contributed by atoms with van der Waals surface area (Å²) in [6, 6.07) is 2.01. The molecule has 0 aliphatic rings. The van der Waals surface area contributed by atoms with Crippen LogP contribution in [0.15, 0.2) is 15.9 Å². The molecule has 0 fully saturated rings. The van der Waals surface area contributed by atoms with E-state index >= 15 is 0 Å². The van der Waals surface area contributed by atoms with Crippen LogP contribution in [-0.4, -0.2) is 63.5 Å². The van der Waals surface area contributed by atoms with E-state index in [1.807, 2.05) is 29.6 Å². The van der Waals surface area contributed by atoms with Gasteiger partial charge in [0.1, 0.15) is 0 Å². The Balaban J connectivity index is 2.05. The lowest BCUT2D eigenvalue weighted by atomic mass is 10.3. The molecule has 26 heavy (non-hydrogen) atoms. The summed E-state index contributed by atoms with van der Waals surface area (Å²) < 4.78 is 18.4. The molecular weight excluding hydrogens is 406 g/mol. The smallest absolute Gasteiger partial charge is 0.197 e.